The Hall–Kier alpha value is -1.02. The highest BCUT2D eigenvalue weighted by atomic mass is 16.5. The normalized spacial score (nSPS) is 14.8. The molecule has 2 nitrogen and oxygen atoms in total. The first-order valence-corrected chi connectivity index (χ1v) is 6.37. The summed E-state index contributed by atoms with van der Waals surface area (Å²) in [5.41, 5.74) is 8.58. The Bertz CT molecular complexity index is 373. The van der Waals surface area contributed by atoms with E-state index >= 15 is 0 Å². The molecule has 2 heteroatoms. The number of rotatable bonds is 5. The molecule has 0 saturated heterocycles. The van der Waals surface area contributed by atoms with Crippen molar-refractivity contribution >= 4 is 0 Å². The molecule has 0 aliphatic heterocycles. The van der Waals surface area contributed by atoms with Crippen LogP contribution >= 0.6 is 0 Å². The third-order valence-corrected chi connectivity index (χ3v) is 4.02. The molecule has 17 heavy (non-hydrogen) atoms. The van der Waals surface area contributed by atoms with Gasteiger partial charge in [-0.3, -0.25) is 0 Å². The lowest BCUT2D eigenvalue weighted by molar-refractivity contribution is 0.346. The van der Waals surface area contributed by atoms with Crippen LogP contribution in [0.4, 0.5) is 0 Å². The summed E-state index contributed by atoms with van der Waals surface area (Å²) in [5.74, 6) is 1.49. The van der Waals surface area contributed by atoms with Gasteiger partial charge in [0, 0.05) is 12.0 Å². The fourth-order valence-corrected chi connectivity index (χ4v) is 2.10. The molecule has 0 aliphatic carbocycles. The quantitative estimate of drug-likeness (QED) is 0.851. The molecular formula is C15H25NO. The van der Waals surface area contributed by atoms with Crippen molar-refractivity contribution in [1.82, 2.24) is 0 Å². The number of hydrogen-bond donors (Lipinski definition) is 1. The van der Waals surface area contributed by atoms with Gasteiger partial charge in [0.1, 0.15) is 5.75 Å². The average Bonchev–Trinajstić information content (AvgIpc) is 2.36. The molecule has 0 amide bonds. The fourth-order valence-electron chi connectivity index (χ4n) is 2.10. The van der Waals surface area contributed by atoms with E-state index in [0.717, 1.165) is 12.2 Å². The number of nitrogens with two attached hydrogens (primary N) is 1. The fraction of sp³-hybridized carbons (Fsp3) is 0.600. The largest absolute Gasteiger partial charge is 0.496 e. The molecular weight excluding hydrogens is 210 g/mol. The SMILES string of the molecule is CCc1cc(C(C)(CN)C(C)C)ccc1OC. The maximum absolute atomic E-state index is 5.97. The van der Waals surface area contributed by atoms with Crippen molar-refractivity contribution in [3.05, 3.63) is 29.3 Å². The molecule has 2 N–H and O–H groups in total. The van der Waals surface area contributed by atoms with Gasteiger partial charge in [0.15, 0.2) is 0 Å². The molecule has 96 valence electrons. The van der Waals surface area contributed by atoms with Crippen LogP contribution in [0.15, 0.2) is 18.2 Å². The molecule has 1 aromatic carbocycles. The lowest BCUT2D eigenvalue weighted by Crippen LogP contribution is -2.37. The second-order valence-corrected chi connectivity index (χ2v) is 5.16. The molecule has 0 spiro atoms. The van der Waals surface area contributed by atoms with E-state index in [1.165, 1.54) is 11.1 Å². The van der Waals surface area contributed by atoms with Crippen LogP contribution < -0.4 is 10.5 Å². The highest BCUT2D eigenvalue weighted by Gasteiger charge is 2.29. The van der Waals surface area contributed by atoms with Gasteiger partial charge in [0.05, 0.1) is 7.11 Å². The van der Waals surface area contributed by atoms with E-state index in [1.807, 2.05) is 0 Å². The van der Waals surface area contributed by atoms with Crippen molar-refractivity contribution in [1.29, 1.82) is 0 Å². The number of methoxy groups -OCH3 is 1. The molecule has 1 unspecified atom stereocenters. The summed E-state index contributed by atoms with van der Waals surface area (Å²) in [6.07, 6.45) is 0.982. The molecule has 1 rings (SSSR count). The highest BCUT2D eigenvalue weighted by Crippen LogP contribution is 2.33. The van der Waals surface area contributed by atoms with Crippen LogP contribution in [0.5, 0.6) is 5.75 Å². The summed E-state index contributed by atoms with van der Waals surface area (Å²) < 4.78 is 5.37. The summed E-state index contributed by atoms with van der Waals surface area (Å²) in [7, 11) is 1.72. The van der Waals surface area contributed by atoms with Gasteiger partial charge in [-0.2, -0.15) is 0 Å². The second kappa shape index (κ2) is 5.54. The third-order valence-electron chi connectivity index (χ3n) is 4.02. The zero-order chi connectivity index (χ0) is 13.1. The molecule has 1 atom stereocenters. The highest BCUT2D eigenvalue weighted by molar-refractivity contribution is 5.40. The van der Waals surface area contributed by atoms with Crippen molar-refractivity contribution in [3.8, 4) is 5.75 Å². The second-order valence-electron chi connectivity index (χ2n) is 5.16. The number of ether oxygens (including phenoxy) is 1. The van der Waals surface area contributed by atoms with Crippen LogP contribution in [0.3, 0.4) is 0 Å². The molecule has 0 bridgehead atoms. The number of benzene rings is 1. The monoisotopic (exact) mass is 235 g/mol. The van der Waals surface area contributed by atoms with Crippen molar-refractivity contribution in [2.75, 3.05) is 13.7 Å². The Morgan fingerprint density at radius 2 is 2.00 bits per heavy atom. The minimum absolute atomic E-state index is 0.0379. The third kappa shape index (κ3) is 2.63. The Kier molecular flexibility index (Phi) is 4.58. The van der Waals surface area contributed by atoms with Gasteiger partial charge in [0.25, 0.3) is 0 Å². The average molecular weight is 235 g/mol. The molecule has 0 saturated carbocycles. The first-order chi connectivity index (χ1) is 7.99. The molecule has 0 fully saturated rings. The zero-order valence-corrected chi connectivity index (χ0v) is 11.7. The zero-order valence-electron chi connectivity index (χ0n) is 11.7. The maximum Gasteiger partial charge on any atom is 0.122 e. The smallest absolute Gasteiger partial charge is 0.122 e. The van der Waals surface area contributed by atoms with Gasteiger partial charge in [-0.1, -0.05) is 39.8 Å². The van der Waals surface area contributed by atoms with E-state index in [9.17, 15) is 0 Å². The first-order valence-electron chi connectivity index (χ1n) is 6.37. The van der Waals surface area contributed by atoms with Gasteiger partial charge >= 0.3 is 0 Å². The first kappa shape index (κ1) is 14.0. The van der Waals surface area contributed by atoms with Gasteiger partial charge in [0.2, 0.25) is 0 Å². The minimum Gasteiger partial charge on any atom is -0.496 e. The number of aryl methyl sites for hydroxylation is 1. The van der Waals surface area contributed by atoms with Crippen molar-refractivity contribution in [2.45, 2.75) is 39.5 Å². The Morgan fingerprint density at radius 1 is 1.35 bits per heavy atom. The summed E-state index contributed by atoms with van der Waals surface area (Å²) in [6.45, 7) is 9.50. The lowest BCUT2D eigenvalue weighted by atomic mass is 9.73. The van der Waals surface area contributed by atoms with Gasteiger partial charge in [-0.15, -0.1) is 0 Å². The predicted octanol–water partition coefficient (Wildman–Crippen LogP) is 3.13. The standard InChI is InChI=1S/C15H25NO/c1-6-12-9-13(7-8-14(12)17-5)15(4,10-16)11(2)3/h7-9,11H,6,10,16H2,1-5H3. The summed E-state index contributed by atoms with van der Waals surface area (Å²) in [6, 6.07) is 6.45. The van der Waals surface area contributed by atoms with E-state index in [2.05, 4.69) is 45.9 Å². The summed E-state index contributed by atoms with van der Waals surface area (Å²) in [5, 5.41) is 0. The summed E-state index contributed by atoms with van der Waals surface area (Å²) >= 11 is 0. The minimum atomic E-state index is 0.0379. The molecule has 0 heterocycles. The Balaban J connectivity index is 3.23. The van der Waals surface area contributed by atoms with Crippen LogP contribution in [0.2, 0.25) is 0 Å². The topological polar surface area (TPSA) is 35.2 Å². The van der Waals surface area contributed by atoms with E-state index in [4.69, 9.17) is 10.5 Å². The van der Waals surface area contributed by atoms with Crippen molar-refractivity contribution in [3.63, 3.8) is 0 Å². The molecule has 0 radical (unpaired) electrons. The number of hydrogen-bond acceptors (Lipinski definition) is 2. The van der Waals surface area contributed by atoms with Crippen LogP contribution in [-0.2, 0) is 11.8 Å². The van der Waals surface area contributed by atoms with Gasteiger partial charge in [-0.25, -0.2) is 0 Å². The summed E-state index contributed by atoms with van der Waals surface area (Å²) in [4.78, 5) is 0. The Labute approximate surface area is 105 Å². The Morgan fingerprint density at radius 3 is 2.41 bits per heavy atom. The lowest BCUT2D eigenvalue weighted by Gasteiger charge is -2.33. The van der Waals surface area contributed by atoms with Crippen molar-refractivity contribution in [2.24, 2.45) is 11.7 Å². The molecule has 0 aromatic heterocycles. The van der Waals surface area contributed by atoms with Crippen LogP contribution in [0, 0.1) is 5.92 Å². The van der Waals surface area contributed by atoms with Gasteiger partial charge < -0.3 is 10.5 Å². The van der Waals surface area contributed by atoms with Crippen LogP contribution in [0.1, 0.15) is 38.8 Å². The maximum atomic E-state index is 5.97. The van der Waals surface area contributed by atoms with Crippen LogP contribution in [-0.4, -0.2) is 13.7 Å². The van der Waals surface area contributed by atoms with E-state index in [1.54, 1.807) is 7.11 Å². The van der Waals surface area contributed by atoms with E-state index < -0.39 is 0 Å². The predicted molar refractivity (Wildman–Crippen MR) is 73.6 cm³/mol. The van der Waals surface area contributed by atoms with E-state index in [0.29, 0.717) is 12.5 Å². The van der Waals surface area contributed by atoms with Gasteiger partial charge in [-0.05, 0) is 29.5 Å². The van der Waals surface area contributed by atoms with Crippen molar-refractivity contribution < 1.29 is 4.74 Å². The molecule has 0 aliphatic rings. The molecule has 1 aromatic rings. The van der Waals surface area contributed by atoms with Crippen LogP contribution in [0.25, 0.3) is 0 Å². The van der Waals surface area contributed by atoms with E-state index in [-0.39, 0.29) is 5.41 Å².